The quantitative estimate of drug-likeness (QED) is 0.418. The standard InChI is InChI=1S/C26H19BrF2N4O2/c27-17-6-5-15(20(28)11-17)9-18-19(12-32-8-7-30-24(32)23(18)29)25(34)33-13-26(35,14-33)22-10-16-3-1-2-4-21(16)31-22/h1-8,11-12,35H,9-10,13-14H2. The van der Waals surface area contributed by atoms with Crippen LogP contribution in [0.15, 0.2) is 70.5 Å². The van der Waals surface area contributed by atoms with E-state index in [0.717, 1.165) is 11.3 Å². The number of amides is 1. The van der Waals surface area contributed by atoms with E-state index in [0.29, 0.717) is 16.6 Å². The Balaban J connectivity index is 1.31. The second kappa shape index (κ2) is 8.07. The molecule has 0 radical (unpaired) electrons. The van der Waals surface area contributed by atoms with Crippen molar-refractivity contribution in [2.75, 3.05) is 13.1 Å². The van der Waals surface area contributed by atoms with Gasteiger partial charge in [-0.15, -0.1) is 0 Å². The predicted molar refractivity (Wildman–Crippen MR) is 130 cm³/mol. The van der Waals surface area contributed by atoms with Gasteiger partial charge in [0.1, 0.15) is 11.4 Å². The molecule has 176 valence electrons. The monoisotopic (exact) mass is 536 g/mol. The Bertz CT molecular complexity index is 1540. The number of aliphatic imine (C=N–C) groups is 1. The van der Waals surface area contributed by atoms with Crippen molar-refractivity contribution in [3.05, 3.63) is 99.4 Å². The second-order valence-electron chi connectivity index (χ2n) is 8.96. The molecule has 1 amide bonds. The van der Waals surface area contributed by atoms with Gasteiger partial charge in [-0.2, -0.15) is 0 Å². The molecule has 4 aromatic rings. The summed E-state index contributed by atoms with van der Waals surface area (Å²) in [6, 6.07) is 12.2. The number of para-hydroxylation sites is 1. The number of rotatable bonds is 4. The maximum Gasteiger partial charge on any atom is 0.255 e. The molecule has 0 unspecified atom stereocenters. The molecule has 4 heterocycles. The molecule has 2 aliphatic rings. The van der Waals surface area contributed by atoms with Gasteiger partial charge in [0, 0.05) is 41.5 Å². The normalized spacial score (nSPS) is 16.2. The van der Waals surface area contributed by atoms with Crippen molar-refractivity contribution in [1.82, 2.24) is 14.3 Å². The summed E-state index contributed by atoms with van der Waals surface area (Å²) in [4.78, 5) is 23.6. The zero-order chi connectivity index (χ0) is 24.3. The molecule has 2 aromatic heterocycles. The van der Waals surface area contributed by atoms with Crippen LogP contribution in [0, 0.1) is 11.6 Å². The number of aliphatic hydroxyl groups is 1. The molecule has 6 nitrogen and oxygen atoms in total. The van der Waals surface area contributed by atoms with Crippen molar-refractivity contribution in [2.45, 2.75) is 18.4 Å². The van der Waals surface area contributed by atoms with Crippen molar-refractivity contribution >= 4 is 38.9 Å². The van der Waals surface area contributed by atoms with Gasteiger partial charge in [-0.05, 0) is 29.3 Å². The zero-order valence-corrected chi connectivity index (χ0v) is 20.0. The highest BCUT2D eigenvalue weighted by molar-refractivity contribution is 9.10. The Morgan fingerprint density at radius 3 is 2.74 bits per heavy atom. The Morgan fingerprint density at radius 2 is 1.97 bits per heavy atom. The van der Waals surface area contributed by atoms with Crippen LogP contribution in [0.2, 0.25) is 0 Å². The number of likely N-dealkylation sites (tertiary alicyclic amines) is 1. The van der Waals surface area contributed by atoms with Gasteiger partial charge in [0.05, 0.1) is 30.1 Å². The molecule has 35 heavy (non-hydrogen) atoms. The minimum Gasteiger partial charge on any atom is -0.380 e. The number of hydrogen-bond donors (Lipinski definition) is 1. The molecule has 0 atom stereocenters. The Kier molecular flexibility index (Phi) is 5.08. The van der Waals surface area contributed by atoms with Gasteiger partial charge in [0.2, 0.25) is 0 Å². The van der Waals surface area contributed by atoms with Gasteiger partial charge < -0.3 is 14.4 Å². The largest absolute Gasteiger partial charge is 0.380 e. The number of hydrogen-bond acceptors (Lipinski definition) is 4. The van der Waals surface area contributed by atoms with E-state index in [-0.39, 0.29) is 41.8 Å². The molecule has 1 fully saturated rings. The number of benzene rings is 2. The van der Waals surface area contributed by atoms with Gasteiger partial charge >= 0.3 is 0 Å². The fourth-order valence-electron chi connectivity index (χ4n) is 4.75. The number of carbonyl (C=O) groups excluding carboxylic acids is 1. The summed E-state index contributed by atoms with van der Waals surface area (Å²) in [7, 11) is 0. The van der Waals surface area contributed by atoms with Crippen LogP contribution in [0.1, 0.15) is 27.0 Å². The number of imidazole rings is 1. The topological polar surface area (TPSA) is 70.2 Å². The van der Waals surface area contributed by atoms with Crippen LogP contribution in [0.4, 0.5) is 14.5 Å². The van der Waals surface area contributed by atoms with Crippen LogP contribution in [0.25, 0.3) is 5.65 Å². The first-order chi connectivity index (χ1) is 16.8. The highest BCUT2D eigenvalue weighted by Crippen LogP contribution is 2.35. The summed E-state index contributed by atoms with van der Waals surface area (Å²) in [6.07, 6.45) is 4.92. The molecule has 2 aromatic carbocycles. The molecule has 0 bridgehead atoms. The summed E-state index contributed by atoms with van der Waals surface area (Å²) in [5, 5.41) is 11.1. The van der Waals surface area contributed by atoms with Crippen molar-refractivity contribution in [1.29, 1.82) is 0 Å². The lowest BCUT2D eigenvalue weighted by Gasteiger charge is -2.46. The van der Waals surface area contributed by atoms with Crippen LogP contribution in [0.3, 0.4) is 0 Å². The van der Waals surface area contributed by atoms with Crippen molar-refractivity contribution in [3.8, 4) is 0 Å². The van der Waals surface area contributed by atoms with Crippen molar-refractivity contribution in [2.24, 2.45) is 4.99 Å². The highest BCUT2D eigenvalue weighted by atomic mass is 79.9. The van der Waals surface area contributed by atoms with E-state index in [2.05, 4.69) is 25.9 Å². The lowest BCUT2D eigenvalue weighted by molar-refractivity contribution is -0.0324. The average Bonchev–Trinajstić information content (AvgIpc) is 3.47. The van der Waals surface area contributed by atoms with Gasteiger partial charge in [-0.1, -0.05) is 40.2 Å². The Hall–Kier alpha value is -3.43. The fraction of sp³-hybridized carbons (Fsp3) is 0.192. The van der Waals surface area contributed by atoms with Gasteiger partial charge in [-0.3, -0.25) is 9.79 Å². The highest BCUT2D eigenvalue weighted by Gasteiger charge is 2.49. The minimum atomic E-state index is -1.23. The SMILES string of the molecule is O=C(c1cn2ccnc2c(F)c1Cc1ccc(Br)cc1F)N1CC(O)(C2=Nc3ccccc3C2)C1. The number of aromatic nitrogens is 2. The van der Waals surface area contributed by atoms with E-state index in [1.165, 1.54) is 27.8 Å². The number of halogens is 3. The number of pyridine rings is 1. The summed E-state index contributed by atoms with van der Waals surface area (Å²) >= 11 is 3.22. The maximum absolute atomic E-state index is 15.5. The molecule has 0 spiro atoms. The third kappa shape index (κ3) is 3.66. The minimum absolute atomic E-state index is 0.0499. The summed E-state index contributed by atoms with van der Waals surface area (Å²) in [6.45, 7) is 0.0999. The van der Waals surface area contributed by atoms with Crippen molar-refractivity contribution < 1.29 is 18.7 Å². The fourth-order valence-corrected chi connectivity index (χ4v) is 5.09. The summed E-state index contributed by atoms with van der Waals surface area (Å²) in [5.74, 6) is -1.61. The van der Waals surface area contributed by atoms with E-state index in [1.807, 2.05) is 24.3 Å². The predicted octanol–water partition coefficient (Wildman–Crippen LogP) is 4.48. The lowest BCUT2D eigenvalue weighted by atomic mass is 9.85. The van der Waals surface area contributed by atoms with Crippen LogP contribution < -0.4 is 0 Å². The van der Waals surface area contributed by atoms with Gasteiger partial charge in [0.15, 0.2) is 11.5 Å². The van der Waals surface area contributed by atoms with E-state index in [9.17, 15) is 14.3 Å². The smallest absolute Gasteiger partial charge is 0.255 e. The van der Waals surface area contributed by atoms with E-state index >= 15 is 4.39 Å². The third-order valence-corrected chi connectivity index (χ3v) is 7.16. The molecular weight excluding hydrogens is 518 g/mol. The van der Waals surface area contributed by atoms with Crippen LogP contribution in [-0.4, -0.2) is 49.7 Å². The van der Waals surface area contributed by atoms with Gasteiger partial charge in [0.25, 0.3) is 5.91 Å². The summed E-state index contributed by atoms with van der Waals surface area (Å²) < 4.78 is 32.1. The van der Waals surface area contributed by atoms with E-state index in [1.54, 1.807) is 18.3 Å². The molecule has 9 heteroatoms. The van der Waals surface area contributed by atoms with E-state index < -0.39 is 23.1 Å². The molecular formula is C26H19BrF2N4O2. The molecule has 6 rings (SSSR count). The first kappa shape index (κ1) is 22.1. The lowest BCUT2D eigenvalue weighted by Crippen LogP contribution is -2.67. The summed E-state index contributed by atoms with van der Waals surface area (Å²) in [5.41, 5.74) is 1.74. The molecule has 0 aliphatic carbocycles. The molecule has 1 N–H and O–H groups in total. The first-order valence-electron chi connectivity index (χ1n) is 11.1. The number of β-amino-alcohol motifs (C(OH)–C–C–N with tert-alkyl or cyclic N) is 1. The molecule has 0 saturated carbocycles. The van der Waals surface area contributed by atoms with Crippen LogP contribution in [-0.2, 0) is 12.8 Å². The zero-order valence-electron chi connectivity index (χ0n) is 18.4. The Morgan fingerprint density at radius 1 is 1.17 bits per heavy atom. The second-order valence-corrected chi connectivity index (χ2v) is 9.88. The first-order valence-corrected chi connectivity index (χ1v) is 11.9. The number of fused-ring (bicyclic) bond motifs is 2. The number of carbonyl (C=O) groups is 1. The van der Waals surface area contributed by atoms with Gasteiger partial charge in [-0.25, -0.2) is 13.8 Å². The molecule has 1 saturated heterocycles. The van der Waals surface area contributed by atoms with Crippen molar-refractivity contribution in [3.63, 3.8) is 0 Å². The number of nitrogens with zero attached hydrogens (tertiary/aromatic N) is 4. The Labute approximate surface area is 207 Å². The maximum atomic E-state index is 15.5. The third-order valence-electron chi connectivity index (χ3n) is 6.67. The average molecular weight is 537 g/mol. The van der Waals surface area contributed by atoms with E-state index in [4.69, 9.17) is 0 Å². The molecule has 2 aliphatic heterocycles. The van der Waals surface area contributed by atoms with Crippen LogP contribution in [0.5, 0.6) is 0 Å². The van der Waals surface area contributed by atoms with Crippen LogP contribution >= 0.6 is 15.9 Å².